The summed E-state index contributed by atoms with van der Waals surface area (Å²) in [5.74, 6) is -0.601. The minimum absolute atomic E-state index is 0. The van der Waals surface area contributed by atoms with Gasteiger partial charge in [0.25, 0.3) is 0 Å². The van der Waals surface area contributed by atoms with Gasteiger partial charge in [0.1, 0.15) is 6.04 Å². The second kappa shape index (κ2) is 14.7. The number of carbonyl (C=O) groups excluding carboxylic acids is 2. The molecule has 2 atom stereocenters. The summed E-state index contributed by atoms with van der Waals surface area (Å²) in [5, 5.41) is 12.2. The number of halogens is 1. The first-order valence-corrected chi connectivity index (χ1v) is 15.4. The lowest BCUT2D eigenvalue weighted by Gasteiger charge is -2.33. The third-order valence-corrected chi connectivity index (χ3v) is 9.10. The molecule has 2 amide bonds. The SMILES string of the molecule is Cl.N=C(N)N1CCCC(CNC(=O)C[C@H](NS(=O)(=O)c2ccc3ccccc3c2)C(=O)N2CCCCCCC2)C1. The van der Waals surface area contributed by atoms with Crippen LogP contribution in [0.15, 0.2) is 47.4 Å². The Balaban J connectivity index is 0.00000441. The second-order valence-electron chi connectivity index (χ2n) is 10.6. The van der Waals surface area contributed by atoms with Crippen molar-refractivity contribution in [3.05, 3.63) is 42.5 Å². The van der Waals surface area contributed by atoms with Gasteiger partial charge in [-0.1, -0.05) is 49.6 Å². The number of carbonyl (C=O) groups is 2. The fourth-order valence-electron chi connectivity index (χ4n) is 5.42. The molecule has 12 heteroatoms. The average molecular weight is 593 g/mol. The molecule has 5 N–H and O–H groups in total. The molecule has 220 valence electrons. The molecule has 0 saturated carbocycles. The quantitative estimate of drug-likeness (QED) is 0.274. The molecule has 1 unspecified atom stereocenters. The van der Waals surface area contributed by atoms with Crippen LogP contribution in [0.4, 0.5) is 0 Å². The standard InChI is InChI=1S/C28H40N6O4S.ClH/c29-28(30)34-16-8-9-21(20-34)19-31-26(35)18-25(27(36)33-14-6-2-1-3-7-15-33)32-39(37,38)24-13-12-22-10-4-5-11-23(22)17-24;/h4-5,10-13,17,21,25,32H,1-3,6-9,14-16,18-20H2,(H3,29,30)(H,31,35);1H/t21?,25-;/m0./s1. The Morgan fingerprint density at radius 3 is 2.30 bits per heavy atom. The van der Waals surface area contributed by atoms with Crippen molar-refractivity contribution in [1.29, 1.82) is 5.41 Å². The summed E-state index contributed by atoms with van der Waals surface area (Å²) in [7, 11) is -4.07. The lowest BCUT2D eigenvalue weighted by Crippen LogP contribution is -2.51. The maximum atomic E-state index is 13.6. The second-order valence-corrected chi connectivity index (χ2v) is 12.3. The molecule has 2 aliphatic rings. The molecule has 4 rings (SSSR count). The molecule has 0 spiro atoms. The molecular formula is C28H41ClN6O4S. The van der Waals surface area contributed by atoms with Gasteiger partial charge in [-0.3, -0.25) is 15.0 Å². The summed E-state index contributed by atoms with van der Waals surface area (Å²) in [6, 6.07) is 11.1. The van der Waals surface area contributed by atoms with Crippen LogP contribution < -0.4 is 15.8 Å². The van der Waals surface area contributed by atoms with Crippen molar-refractivity contribution in [1.82, 2.24) is 19.8 Å². The van der Waals surface area contributed by atoms with Gasteiger partial charge in [0, 0.05) is 32.7 Å². The Kier molecular flexibility index (Phi) is 11.6. The van der Waals surface area contributed by atoms with E-state index in [9.17, 15) is 18.0 Å². The summed E-state index contributed by atoms with van der Waals surface area (Å²) in [4.78, 5) is 30.2. The van der Waals surface area contributed by atoms with Gasteiger partial charge in [-0.25, -0.2) is 8.42 Å². The van der Waals surface area contributed by atoms with Crippen LogP contribution in [0.25, 0.3) is 10.8 Å². The van der Waals surface area contributed by atoms with Gasteiger partial charge in [0.2, 0.25) is 21.8 Å². The Hall–Kier alpha value is -2.89. The van der Waals surface area contributed by atoms with Gasteiger partial charge in [0.05, 0.1) is 11.3 Å². The number of guanidine groups is 1. The zero-order chi connectivity index (χ0) is 27.8. The molecule has 2 saturated heterocycles. The molecule has 2 aromatic rings. The monoisotopic (exact) mass is 592 g/mol. The van der Waals surface area contributed by atoms with Crippen molar-refractivity contribution >= 4 is 51.0 Å². The highest BCUT2D eigenvalue weighted by molar-refractivity contribution is 7.89. The van der Waals surface area contributed by atoms with Crippen LogP contribution in [0.1, 0.15) is 51.4 Å². The smallest absolute Gasteiger partial charge is 0.241 e. The zero-order valence-electron chi connectivity index (χ0n) is 22.8. The van der Waals surface area contributed by atoms with Gasteiger partial charge in [-0.2, -0.15) is 4.72 Å². The number of nitrogens with two attached hydrogens (primary N) is 1. The first-order valence-electron chi connectivity index (χ1n) is 13.9. The van der Waals surface area contributed by atoms with E-state index in [1.807, 2.05) is 24.3 Å². The van der Waals surface area contributed by atoms with Gasteiger partial charge in [-0.15, -0.1) is 12.4 Å². The molecular weight excluding hydrogens is 552 g/mol. The number of fused-ring (bicyclic) bond motifs is 1. The lowest BCUT2D eigenvalue weighted by atomic mass is 9.98. The van der Waals surface area contributed by atoms with Crippen LogP contribution in [0, 0.1) is 11.3 Å². The summed E-state index contributed by atoms with van der Waals surface area (Å²) < 4.78 is 29.4. The van der Waals surface area contributed by atoms with E-state index in [1.54, 1.807) is 21.9 Å². The number of nitrogens with zero attached hydrogens (tertiary/aromatic N) is 2. The minimum atomic E-state index is -4.07. The maximum Gasteiger partial charge on any atom is 0.241 e. The first-order chi connectivity index (χ1) is 18.7. The molecule has 2 fully saturated rings. The Bertz CT molecular complexity index is 1280. The highest BCUT2D eigenvalue weighted by Gasteiger charge is 2.32. The summed E-state index contributed by atoms with van der Waals surface area (Å²) in [6.45, 7) is 2.79. The maximum absolute atomic E-state index is 13.6. The molecule has 2 heterocycles. The number of amides is 2. The van der Waals surface area contributed by atoms with Crippen molar-refractivity contribution in [3.8, 4) is 0 Å². The van der Waals surface area contributed by atoms with E-state index >= 15 is 0 Å². The van der Waals surface area contributed by atoms with E-state index < -0.39 is 16.1 Å². The molecule has 0 aromatic heterocycles. The van der Waals surface area contributed by atoms with Gasteiger partial charge in [0.15, 0.2) is 5.96 Å². The Morgan fingerprint density at radius 2 is 1.60 bits per heavy atom. The number of hydrogen-bond acceptors (Lipinski definition) is 5. The first kappa shape index (κ1) is 31.6. The van der Waals surface area contributed by atoms with Crippen LogP contribution in [0.5, 0.6) is 0 Å². The highest BCUT2D eigenvalue weighted by Crippen LogP contribution is 2.20. The predicted molar refractivity (Wildman–Crippen MR) is 159 cm³/mol. The topological polar surface area (TPSA) is 149 Å². The Morgan fingerprint density at radius 1 is 0.950 bits per heavy atom. The molecule has 10 nitrogen and oxygen atoms in total. The number of nitrogens with one attached hydrogen (secondary N) is 3. The number of benzene rings is 2. The molecule has 40 heavy (non-hydrogen) atoms. The fraction of sp³-hybridized carbons (Fsp3) is 0.536. The van der Waals surface area contributed by atoms with E-state index in [1.165, 1.54) is 6.07 Å². The largest absolute Gasteiger partial charge is 0.370 e. The third-order valence-electron chi connectivity index (χ3n) is 7.63. The molecule has 0 bridgehead atoms. The van der Waals surface area contributed by atoms with Crippen LogP contribution >= 0.6 is 12.4 Å². The molecule has 2 aliphatic heterocycles. The van der Waals surface area contributed by atoms with Crippen LogP contribution in [0.2, 0.25) is 0 Å². The van der Waals surface area contributed by atoms with E-state index in [-0.39, 0.29) is 47.4 Å². The zero-order valence-corrected chi connectivity index (χ0v) is 24.4. The minimum Gasteiger partial charge on any atom is -0.370 e. The van der Waals surface area contributed by atoms with E-state index in [4.69, 9.17) is 11.1 Å². The Labute approximate surface area is 243 Å². The lowest BCUT2D eigenvalue weighted by molar-refractivity contribution is -0.136. The number of sulfonamides is 1. The van der Waals surface area contributed by atoms with E-state index in [0.29, 0.717) is 26.2 Å². The number of piperidine rings is 1. The van der Waals surface area contributed by atoms with Crippen molar-refractivity contribution in [2.24, 2.45) is 11.7 Å². The number of hydrogen-bond donors (Lipinski definition) is 4. The molecule has 0 radical (unpaired) electrons. The number of likely N-dealkylation sites (tertiary alicyclic amines) is 2. The highest BCUT2D eigenvalue weighted by atomic mass is 35.5. The van der Waals surface area contributed by atoms with Gasteiger partial charge >= 0.3 is 0 Å². The van der Waals surface area contributed by atoms with E-state index in [0.717, 1.165) is 62.3 Å². The van der Waals surface area contributed by atoms with E-state index in [2.05, 4.69) is 10.0 Å². The third kappa shape index (κ3) is 8.55. The van der Waals surface area contributed by atoms with Crippen molar-refractivity contribution in [2.45, 2.75) is 62.3 Å². The van der Waals surface area contributed by atoms with Gasteiger partial charge < -0.3 is 20.9 Å². The summed E-state index contributed by atoms with van der Waals surface area (Å²) in [6.07, 6.45) is 6.38. The van der Waals surface area contributed by atoms with Crippen LogP contribution in [-0.2, 0) is 19.6 Å². The average Bonchev–Trinajstić information content (AvgIpc) is 2.91. The van der Waals surface area contributed by atoms with Crippen molar-refractivity contribution in [2.75, 3.05) is 32.7 Å². The summed E-state index contributed by atoms with van der Waals surface area (Å²) in [5.41, 5.74) is 5.63. The number of rotatable bonds is 8. The fourth-order valence-corrected chi connectivity index (χ4v) is 6.65. The normalized spacial score (nSPS) is 19.1. The molecule has 0 aliphatic carbocycles. The predicted octanol–water partition coefficient (Wildman–Crippen LogP) is 2.81. The van der Waals surface area contributed by atoms with Crippen LogP contribution in [-0.4, -0.2) is 74.8 Å². The van der Waals surface area contributed by atoms with Crippen molar-refractivity contribution in [3.63, 3.8) is 0 Å². The van der Waals surface area contributed by atoms with Gasteiger partial charge in [-0.05, 0) is 54.5 Å². The summed E-state index contributed by atoms with van der Waals surface area (Å²) >= 11 is 0. The van der Waals surface area contributed by atoms with Crippen LogP contribution in [0.3, 0.4) is 0 Å². The van der Waals surface area contributed by atoms with Crippen molar-refractivity contribution < 1.29 is 18.0 Å². The molecule has 2 aromatic carbocycles.